The van der Waals surface area contributed by atoms with Gasteiger partial charge in [-0.1, -0.05) is 38.8 Å². The fraction of sp³-hybridized carbons (Fsp3) is 0.632. The molecule has 23 heavy (non-hydrogen) atoms. The molecule has 4 heteroatoms. The minimum atomic E-state index is 0.128. The number of unbranched alkanes of at least 4 members (excludes halogenated alkanes) is 2. The van der Waals surface area contributed by atoms with Crippen LogP contribution in [0.2, 0.25) is 0 Å². The fourth-order valence-corrected chi connectivity index (χ4v) is 4.79. The maximum absolute atomic E-state index is 12.8. The number of anilines is 2. The topological polar surface area (TPSA) is 35.6 Å². The van der Waals surface area contributed by atoms with Crippen molar-refractivity contribution in [2.24, 2.45) is 0 Å². The number of carbonyl (C=O) groups excluding carboxylic acids is 1. The Balaban J connectivity index is 1.76. The summed E-state index contributed by atoms with van der Waals surface area (Å²) in [6, 6.07) is 7.02. The molecule has 3 aliphatic heterocycles. The summed E-state index contributed by atoms with van der Waals surface area (Å²) in [5.41, 5.74) is 4.04. The van der Waals surface area contributed by atoms with Crippen LogP contribution in [0.1, 0.15) is 45.1 Å². The van der Waals surface area contributed by atoms with E-state index in [9.17, 15) is 4.79 Å². The van der Waals surface area contributed by atoms with E-state index < -0.39 is 0 Å². The van der Waals surface area contributed by atoms with Crippen molar-refractivity contribution in [3.63, 3.8) is 0 Å². The van der Waals surface area contributed by atoms with Crippen LogP contribution < -0.4 is 15.1 Å². The number of hydrogen-bond acceptors (Lipinski definition) is 3. The molecule has 3 aliphatic rings. The lowest BCUT2D eigenvalue weighted by Crippen LogP contribution is -2.56. The van der Waals surface area contributed by atoms with Gasteiger partial charge in [0.15, 0.2) is 0 Å². The van der Waals surface area contributed by atoms with Crippen molar-refractivity contribution in [1.82, 2.24) is 5.32 Å². The normalized spacial score (nSPS) is 28.8. The van der Waals surface area contributed by atoms with Crippen LogP contribution in [0.15, 0.2) is 18.2 Å². The molecule has 2 unspecified atom stereocenters. The Kier molecular flexibility index (Phi) is 3.60. The summed E-state index contributed by atoms with van der Waals surface area (Å²) < 4.78 is 0. The number of hydrogen-bond donors (Lipinski definition) is 1. The highest BCUT2D eigenvalue weighted by molar-refractivity contribution is 6.05. The van der Waals surface area contributed by atoms with Crippen molar-refractivity contribution in [2.45, 2.75) is 51.0 Å². The Hall–Kier alpha value is -1.55. The van der Waals surface area contributed by atoms with Gasteiger partial charge < -0.3 is 15.1 Å². The molecule has 2 atom stereocenters. The van der Waals surface area contributed by atoms with Gasteiger partial charge in [0, 0.05) is 24.5 Å². The fourth-order valence-electron chi connectivity index (χ4n) is 4.79. The van der Waals surface area contributed by atoms with Crippen molar-refractivity contribution in [3.8, 4) is 0 Å². The second-order valence-corrected chi connectivity index (χ2v) is 7.45. The first kappa shape index (κ1) is 15.0. The molecule has 3 heterocycles. The number of carbonyl (C=O) groups is 1. The van der Waals surface area contributed by atoms with E-state index in [1.165, 1.54) is 24.1 Å². The van der Waals surface area contributed by atoms with Crippen LogP contribution in [0.3, 0.4) is 0 Å². The van der Waals surface area contributed by atoms with Crippen molar-refractivity contribution in [3.05, 3.63) is 23.8 Å². The lowest BCUT2D eigenvalue weighted by Gasteiger charge is -2.42. The standard InChI is InChI=1S/C19H27N3O/c1-3-4-5-11-21-15-8-6-7-14-18(15)22(12-17(21)23)16-9-10-20-13-19(14,16)2/h6-8,16,20H,3-5,9-13H2,1-2H3. The number of benzene rings is 1. The van der Waals surface area contributed by atoms with E-state index in [0.29, 0.717) is 12.6 Å². The molecule has 0 spiro atoms. The van der Waals surface area contributed by atoms with Gasteiger partial charge in [-0.05, 0) is 31.0 Å². The zero-order valence-electron chi connectivity index (χ0n) is 14.3. The van der Waals surface area contributed by atoms with Gasteiger partial charge in [0.1, 0.15) is 0 Å². The van der Waals surface area contributed by atoms with Gasteiger partial charge in [-0.2, -0.15) is 0 Å². The molecule has 0 aliphatic carbocycles. The van der Waals surface area contributed by atoms with E-state index in [1.807, 2.05) is 4.90 Å². The van der Waals surface area contributed by atoms with Crippen molar-refractivity contribution >= 4 is 17.3 Å². The van der Waals surface area contributed by atoms with Crippen LogP contribution >= 0.6 is 0 Å². The van der Waals surface area contributed by atoms with E-state index >= 15 is 0 Å². The summed E-state index contributed by atoms with van der Waals surface area (Å²) in [6.07, 6.45) is 4.58. The van der Waals surface area contributed by atoms with Gasteiger partial charge in [-0.15, -0.1) is 0 Å². The predicted molar refractivity (Wildman–Crippen MR) is 94.3 cm³/mol. The smallest absolute Gasteiger partial charge is 0.246 e. The Morgan fingerprint density at radius 2 is 2.22 bits per heavy atom. The van der Waals surface area contributed by atoms with Gasteiger partial charge in [0.2, 0.25) is 5.91 Å². The minimum absolute atomic E-state index is 0.128. The molecule has 4 rings (SSSR count). The zero-order valence-corrected chi connectivity index (χ0v) is 14.3. The molecule has 1 aromatic carbocycles. The van der Waals surface area contributed by atoms with E-state index in [0.717, 1.165) is 38.2 Å². The molecule has 1 aromatic rings. The van der Waals surface area contributed by atoms with Crippen LogP contribution in [-0.4, -0.2) is 38.1 Å². The molecule has 1 N–H and O–H groups in total. The molecule has 124 valence electrons. The van der Waals surface area contributed by atoms with E-state index in [4.69, 9.17) is 0 Å². The third-order valence-electron chi connectivity index (χ3n) is 6.00. The summed E-state index contributed by atoms with van der Waals surface area (Å²) in [4.78, 5) is 17.2. The summed E-state index contributed by atoms with van der Waals surface area (Å²) in [7, 11) is 0. The first-order valence-corrected chi connectivity index (χ1v) is 9.08. The number of para-hydroxylation sites is 1. The molecule has 0 bridgehead atoms. The number of rotatable bonds is 4. The highest BCUT2D eigenvalue weighted by atomic mass is 16.2. The van der Waals surface area contributed by atoms with E-state index in [2.05, 4.69) is 42.3 Å². The predicted octanol–water partition coefficient (Wildman–Crippen LogP) is 2.66. The maximum Gasteiger partial charge on any atom is 0.246 e. The third-order valence-corrected chi connectivity index (χ3v) is 6.00. The first-order chi connectivity index (χ1) is 11.2. The minimum Gasteiger partial charge on any atom is -0.356 e. The number of amides is 1. The number of nitrogens with one attached hydrogen (secondary N) is 1. The summed E-state index contributed by atoms with van der Waals surface area (Å²) in [6.45, 7) is 8.04. The average Bonchev–Trinajstić information content (AvgIpc) is 2.81. The molecular weight excluding hydrogens is 286 g/mol. The highest BCUT2D eigenvalue weighted by Crippen LogP contribution is 2.52. The molecular formula is C19H27N3O. The Bertz CT molecular complexity index is 629. The molecule has 0 aromatic heterocycles. The van der Waals surface area contributed by atoms with Gasteiger partial charge in [-0.25, -0.2) is 0 Å². The number of piperidine rings is 1. The van der Waals surface area contributed by atoms with Crippen LogP contribution in [0, 0.1) is 0 Å². The van der Waals surface area contributed by atoms with Gasteiger partial charge in [-0.3, -0.25) is 4.79 Å². The molecule has 1 fully saturated rings. The van der Waals surface area contributed by atoms with Crippen molar-refractivity contribution < 1.29 is 4.79 Å². The number of fused-ring (bicyclic) bond motifs is 3. The van der Waals surface area contributed by atoms with Crippen LogP contribution in [0.4, 0.5) is 11.4 Å². The van der Waals surface area contributed by atoms with E-state index in [-0.39, 0.29) is 11.3 Å². The lowest BCUT2D eigenvalue weighted by atomic mass is 9.75. The number of nitrogens with zero attached hydrogens (tertiary/aromatic N) is 2. The largest absolute Gasteiger partial charge is 0.356 e. The monoisotopic (exact) mass is 313 g/mol. The summed E-state index contributed by atoms with van der Waals surface area (Å²) in [5.74, 6) is 0.272. The van der Waals surface area contributed by atoms with Crippen molar-refractivity contribution in [2.75, 3.05) is 36.0 Å². The second kappa shape index (κ2) is 5.52. The highest BCUT2D eigenvalue weighted by Gasteiger charge is 2.52. The molecule has 1 saturated heterocycles. The van der Waals surface area contributed by atoms with Crippen LogP contribution in [0.25, 0.3) is 0 Å². The Morgan fingerprint density at radius 3 is 3.04 bits per heavy atom. The maximum atomic E-state index is 12.8. The lowest BCUT2D eigenvalue weighted by molar-refractivity contribution is -0.117. The SMILES string of the molecule is CCCCCN1C(=O)CN2c3c1cccc3C1(C)CNCCC21. The van der Waals surface area contributed by atoms with Crippen molar-refractivity contribution in [1.29, 1.82) is 0 Å². The quantitative estimate of drug-likeness (QED) is 0.868. The first-order valence-electron chi connectivity index (χ1n) is 9.08. The van der Waals surface area contributed by atoms with Gasteiger partial charge in [0.25, 0.3) is 0 Å². The zero-order chi connectivity index (χ0) is 16.0. The summed E-state index contributed by atoms with van der Waals surface area (Å²) >= 11 is 0. The third kappa shape index (κ3) is 2.11. The van der Waals surface area contributed by atoms with E-state index in [1.54, 1.807) is 0 Å². The van der Waals surface area contributed by atoms with Gasteiger partial charge >= 0.3 is 0 Å². The Morgan fingerprint density at radius 1 is 1.35 bits per heavy atom. The van der Waals surface area contributed by atoms with Crippen LogP contribution in [-0.2, 0) is 10.2 Å². The Labute approximate surface area is 138 Å². The molecule has 0 saturated carbocycles. The average molecular weight is 313 g/mol. The molecule has 0 radical (unpaired) electrons. The second-order valence-electron chi connectivity index (χ2n) is 7.45. The summed E-state index contributed by atoms with van der Waals surface area (Å²) in [5, 5.41) is 3.56. The molecule has 4 nitrogen and oxygen atoms in total. The van der Waals surface area contributed by atoms with Gasteiger partial charge in [0.05, 0.1) is 17.9 Å². The van der Waals surface area contributed by atoms with Crippen LogP contribution in [0.5, 0.6) is 0 Å². The molecule has 1 amide bonds.